The number of nitrogens with zero attached hydrogens (tertiary/aromatic N) is 1. The van der Waals surface area contributed by atoms with Crippen LogP contribution in [0.15, 0.2) is 126 Å². The molecule has 4 heterocycles. The largest absolute Gasteiger partial charge is 0.455 e. The third kappa shape index (κ3) is 3.44. The number of benzene rings is 6. The van der Waals surface area contributed by atoms with Gasteiger partial charge in [0.1, 0.15) is 11.2 Å². The van der Waals surface area contributed by atoms with Crippen LogP contribution in [0.1, 0.15) is 29.7 Å². The van der Waals surface area contributed by atoms with Gasteiger partial charge in [0.25, 0.3) is 0 Å². The maximum atomic E-state index is 6.81. The normalized spacial score (nSPS) is 15.0. The first-order valence-electron chi connectivity index (χ1n) is 16.2. The molecule has 2 nitrogen and oxygen atoms in total. The molecule has 4 aromatic heterocycles. The van der Waals surface area contributed by atoms with Crippen molar-refractivity contribution in [2.24, 2.45) is 0 Å². The highest BCUT2D eigenvalue weighted by atomic mass is 32.1. The molecule has 1 aliphatic rings. The Morgan fingerprint density at radius 2 is 1.43 bits per heavy atom. The van der Waals surface area contributed by atoms with Gasteiger partial charge in [-0.3, -0.25) is 0 Å². The SMILES string of the molecule is CC1CC=Cc2sc3c(c21)c1oc2ccccc2c1c1c2ccccc2n(-c2ccc(-c4cccc5c4sc4ccccc45)cc2)c31. The summed E-state index contributed by atoms with van der Waals surface area (Å²) in [5.74, 6) is 0.436. The molecular formula is C43H27NOS2. The maximum absolute atomic E-state index is 6.81. The summed E-state index contributed by atoms with van der Waals surface area (Å²) in [4.78, 5) is 1.36. The number of allylic oxidation sites excluding steroid dienone is 1. The lowest BCUT2D eigenvalue weighted by Crippen LogP contribution is -1.97. The minimum absolute atomic E-state index is 0.436. The number of fused-ring (bicyclic) bond motifs is 15. The van der Waals surface area contributed by atoms with E-state index in [1.807, 2.05) is 22.7 Å². The predicted molar refractivity (Wildman–Crippen MR) is 204 cm³/mol. The summed E-state index contributed by atoms with van der Waals surface area (Å²) in [6, 6.07) is 42.2. The number of para-hydroxylation sites is 2. The first-order chi connectivity index (χ1) is 23.2. The molecule has 0 radical (unpaired) electrons. The number of thiophene rings is 2. The van der Waals surface area contributed by atoms with Crippen molar-refractivity contribution in [3.63, 3.8) is 0 Å². The summed E-state index contributed by atoms with van der Waals surface area (Å²) in [6.07, 6.45) is 5.72. The molecule has 0 fully saturated rings. The van der Waals surface area contributed by atoms with Crippen molar-refractivity contribution in [2.45, 2.75) is 19.3 Å². The van der Waals surface area contributed by atoms with Crippen molar-refractivity contribution < 1.29 is 4.42 Å². The van der Waals surface area contributed by atoms with Gasteiger partial charge in [-0.1, -0.05) is 97.9 Å². The van der Waals surface area contributed by atoms with E-state index in [1.54, 1.807) is 0 Å². The van der Waals surface area contributed by atoms with Crippen LogP contribution in [0.25, 0.3) is 96.9 Å². The average Bonchev–Trinajstić information content (AvgIpc) is 3.87. The molecule has 0 spiro atoms. The van der Waals surface area contributed by atoms with Crippen molar-refractivity contribution in [2.75, 3.05) is 0 Å². The lowest BCUT2D eigenvalue weighted by molar-refractivity contribution is 0.671. The van der Waals surface area contributed by atoms with E-state index in [4.69, 9.17) is 4.42 Å². The molecule has 47 heavy (non-hydrogen) atoms. The fraction of sp³-hybridized carbons (Fsp3) is 0.0698. The van der Waals surface area contributed by atoms with Crippen LogP contribution in [0.3, 0.4) is 0 Å². The summed E-state index contributed by atoms with van der Waals surface area (Å²) in [5.41, 5.74) is 9.61. The van der Waals surface area contributed by atoms with Crippen LogP contribution in [-0.4, -0.2) is 4.57 Å². The number of rotatable bonds is 2. The molecule has 4 heteroatoms. The Bertz CT molecular complexity index is 2950. The van der Waals surface area contributed by atoms with Gasteiger partial charge in [0.15, 0.2) is 0 Å². The van der Waals surface area contributed by atoms with E-state index in [0.717, 1.165) is 17.6 Å². The van der Waals surface area contributed by atoms with E-state index in [0.29, 0.717) is 5.92 Å². The number of hydrogen-bond donors (Lipinski definition) is 0. The van der Waals surface area contributed by atoms with Crippen LogP contribution in [-0.2, 0) is 0 Å². The van der Waals surface area contributed by atoms with Crippen LogP contribution >= 0.6 is 22.7 Å². The van der Waals surface area contributed by atoms with Crippen LogP contribution in [0, 0.1) is 0 Å². The molecule has 1 aliphatic carbocycles. The van der Waals surface area contributed by atoms with E-state index in [-0.39, 0.29) is 0 Å². The van der Waals surface area contributed by atoms with Crippen molar-refractivity contribution in [1.29, 1.82) is 0 Å². The summed E-state index contributed by atoms with van der Waals surface area (Å²) in [6.45, 7) is 2.36. The summed E-state index contributed by atoms with van der Waals surface area (Å²) < 4.78 is 13.3. The second-order valence-corrected chi connectivity index (χ2v) is 14.9. The molecule has 6 aromatic carbocycles. The minimum atomic E-state index is 0.436. The van der Waals surface area contributed by atoms with Crippen LogP contribution in [0.4, 0.5) is 0 Å². The molecule has 0 aliphatic heterocycles. The number of hydrogen-bond acceptors (Lipinski definition) is 3. The monoisotopic (exact) mass is 637 g/mol. The van der Waals surface area contributed by atoms with Gasteiger partial charge in [-0.15, -0.1) is 22.7 Å². The molecule has 0 saturated carbocycles. The number of furan rings is 1. The quantitative estimate of drug-likeness (QED) is 0.184. The van der Waals surface area contributed by atoms with Crippen molar-refractivity contribution in [3.05, 3.63) is 132 Å². The summed E-state index contributed by atoms with van der Waals surface area (Å²) in [7, 11) is 0. The summed E-state index contributed by atoms with van der Waals surface area (Å²) in [5, 5.41) is 8.91. The lowest BCUT2D eigenvalue weighted by atomic mass is 9.90. The van der Waals surface area contributed by atoms with Gasteiger partial charge >= 0.3 is 0 Å². The van der Waals surface area contributed by atoms with Crippen LogP contribution < -0.4 is 0 Å². The van der Waals surface area contributed by atoms with Crippen molar-refractivity contribution in [1.82, 2.24) is 4.57 Å². The Balaban J connectivity index is 1.24. The van der Waals surface area contributed by atoms with E-state index in [2.05, 4.69) is 139 Å². The molecule has 10 aromatic rings. The predicted octanol–water partition coefficient (Wildman–Crippen LogP) is 13.5. The second-order valence-electron chi connectivity index (χ2n) is 12.8. The molecule has 0 N–H and O–H groups in total. The van der Waals surface area contributed by atoms with Crippen molar-refractivity contribution >= 4 is 103 Å². The Morgan fingerprint density at radius 1 is 0.660 bits per heavy atom. The van der Waals surface area contributed by atoms with Gasteiger partial charge < -0.3 is 8.98 Å². The molecule has 222 valence electrons. The first-order valence-corrected chi connectivity index (χ1v) is 17.9. The summed E-state index contributed by atoms with van der Waals surface area (Å²) >= 11 is 3.81. The van der Waals surface area contributed by atoms with Gasteiger partial charge in [-0.05, 0) is 65.4 Å². The zero-order chi connectivity index (χ0) is 30.8. The topological polar surface area (TPSA) is 18.1 Å². The third-order valence-corrected chi connectivity index (χ3v) is 12.6. The van der Waals surface area contributed by atoms with E-state index in [1.165, 1.54) is 90.1 Å². The smallest absolute Gasteiger partial charge is 0.145 e. The Labute approximate surface area is 278 Å². The molecule has 0 amide bonds. The maximum Gasteiger partial charge on any atom is 0.145 e. The molecule has 11 rings (SSSR count). The second kappa shape index (κ2) is 9.45. The average molecular weight is 638 g/mol. The minimum Gasteiger partial charge on any atom is -0.455 e. The molecule has 0 bridgehead atoms. The standard InChI is InChI=1S/C43H27NOS2/c1-24-10-8-19-35-36(24)39-41-38(31-13-3-6-17-33(31)45-41)37-30-12-2-5-16-32(30)44(40(37)43(39)47-35)26-22-20-25(21-23-26)27-14-9-15-29-28-11-4-7-18-34(28)46-42(27)29/h2-9,11-24H,10H2,1H3. The van der Waals surface area contributed by atoms with Crippen LogP contribution in [0.2, 0.25) is 0 Å². The Kier molecular flexibility index (Phi) is 5.22. The van der Waals surface area contributed by atoms with Gasteiger partial charge in [-0.2, -0.15) is 0 Å². The highest BCUT2D eigenvalue weighted by Crippen LogP contribution is 2.52. The highest BCUT2D eigenvalue weighted by molar-refractivity contribution is 7.26. The highest BCUT2D eigenvalue weighted by Gasteiger charge is 2.29. The van der Waals surface area contributed by atoms with E-state index in [9.17, 15) is 0 Å². The van der Waals surface area contributed by atoms with Gasteiger partial charge in [-0.25, -0.2) is 0 Å². The van der Waals surface area contributed by atoms with Gasteiger partial charge in [0, 0.05) is 57.7 Å². The molecule has 1 atom stereocenters. The molecular weight excluding hydrogens is 611 g/mol. The van der Waals surface area contributed by atoms with Crippen molar-refractivity contribution in [3.8, 4) is 16.8 Å². The molecule has 0 saturated heterocycles. The van der Waals surface area contributed by atoms with Crippen LogP contribution in [0.5, 0.6) is 0 Å². The fourth-order valence-corrected chi connectivity index (χ4v) is 10.8. The zero-order valence-electron chi connectivity index (χ0n) is 25.6. The Morgan fingerprint density at radius 3 is 2.32 bits per heavy atom. The zero-order valence-corrected chi connectivity index (χ0v) is 27.2. The van der Waals surface area contributed by atoms with Gasteiger partial charge in [0.05, 0.1) is 15.7 Å². The lowest BCUT2D eigenvalue weighted by Gasteiger charge is -2.14. The van der Waals surface area contributed by atoms with Gasteiger partial charge in [0.2, 0.25) is 0 Å². The van der Waals surface area contributed by atoms with E-state index >= 15 is 0 Å². The Hall–Kier alpha value is -5.16. The first kappa shape index (κ1) is 26.0. The van der Waals surface area contributed by atoms with E-state index < -0.39 is 0 Å². The third-order valence-electron chi connectivity index (χ3n) is 10.2. The molecule has 1 unspecified atom stereocenters. The number of aromatic nitrogens is 1. The fourth-order valence-electron chi connectivity index (χ4n) is 8.17.